The summed E-state index contributed by atoms with van der Waals surface area (Å²) in [6.07, 6.45) is 3.45. The molecule has 3 heterocycles. The molecule has 3 rings (SSSR count). The average Bonchev–Trinajstić information content (AvgIpc) is 3.08. The zero-order valence-electron chi connectivity index (χ0n) is 12.5. The fourth-order valence-corrected chi connectivity index (χ4v) is 4.80. The number of rotatable bonds is 1. The van der Waals surface area contributed by atoms with Crippen molar-refractivity contribution in [3.8, 4) is 0 Å². The van der Waals surface area contributed by atoms with Gasteiger partial charge in [0, 0.05) is 32.3 Å². The molecule has 3 fully saturated rings. The van der Waals surface area contributed by atoms with E-state index in [1.807, 2.05) is 4.90 Å². The molecular formula is C14H24ClN3O2S. The van der Waals surface area contributed by atoms with Gasteiger partial charge >= 0.3 is 0 Å². The van der Waals surface area contributed by atoms with E-state index in [-0.39, 0.29) is 30.3 Å². The molecule has 1 unspecified atom stereocenters. The number of likely N-dealkylation sites (tertiary alicyclic amines) is 1. The van der Waals surface area contributed by atoms with Crippen molar-refractivity contribution in [2.45, 2.75) is 32.2 Å². The molecule has 1 N–H and O–H groups in total. The highest BCUT2D eigenvalue weighted by Crippen LogP contribution is 2.37. The van der Waals surface area contributed by atoms with Crippen LogP contribution in [0.25, 0.3) is 0 Å². The molecule has 3 saturated heterocycles. The largest absolute Gasteiger partial charge is 0.341 e. The lowest BCUT2D eigenvalue weighted by molar-refractivity contribution is -0.143. The highest BCUT2D eigenvalue weighted by Gasteiger charge is 2.41. The second kappa shape index (κ2) is 6.75. The van der Waals surface area contributed by atoms with Crippen molar-refractivity contribution in [3.05, 3.63) is 0 Å². The van der Waals surface area contributed by atoms with E-state index < -0.39 is 0 Å². The van der Waals surface area contributed by atoms with Crippen LogP contribution >= 0.6 is 24.2 Å². The van der Waals surface area contributed by atoms with Crippen LogP contribution in [0.2, 0.25) is 0 Å². The van der Waals surface area contributed by atoms with Gasteiger partial charge in [0.05, 0.1) is 5.88 Å². The van der Waals surface area contributed by atoms with Gasteiger partial charge in [-0.15, -0.1) is 24.2 Å². The lowest BCUT2D eigenvalue weighted by Crippen LogP contribution is -2.52. The summed E-state index contributed by atoms with van der Waals surface area (Å²) < 4.78 is 0. The van der Waals surface area contributed by atoms with Crippen LogP contribution in [0.4, 0.5) is 0 Å². The number of thioether (sulfide) groups is 1. The summed E-state index contributed by atoms with van der Waals surface area (Å²) in [5.41, 5.74) is 0.432. The first-order valence-corrected chi connectivity index (χ1v) is 8.61. The molecule has 3 aliphatic rings. The summed E-state index contributed by atoms with van der Waals surface area (Å²) in [6, 6.07) is -0.228. The standard InChI is InChI=1S/C14H23N3O2S.ClH/c1-11(18)17-10-20-8-12(17)13(19)16-6-3-14(4-7-16)2-5-15-9-14;/h12,15H,2-10H2,1H3;1H. The lowest BCUT2D eigenvalue weighted by Gasteiger charge is -2.40. The molecule has 1 atom stereocenters. The molecule has 1 spiro atoms. The molecule has 0 radical (unpaired) electrons. The third kappa shape index (κ3) is 3.32. The van der Waals surface area contributed by atoms with E-state index in [2.05, 4.69) is 5.32 Å². The SMILES string of the molecule is CC(=O)N1CSCC1C(=O)N1CCC2(CCNC2)CC1.Cl. The van der Waals surface area contributed by atoms with Gasteiger partial charge in [-0.05, 0) is 31.2 Å². The summed E-state index contributed by atoms with van der Waals surface area (Å²) in [7, 11) is 0. The van der Waals surface area contributed by atoms with Crippen molar-refractivity contribution in [3.63, 3.8) is 0 Å². The first-order chi connectivity index (χ1) is 9.61. The Kier molecular flexibility index (Phi) is 5.43. The topological polar surface area (TPSA) is 52.7 Å². The summed E-state index contributed by atoms with van der Waals surface area (Å²) in [5.74, 6) is 1.59. The number of amides is 2. The quantitative estimate of drug-likeness (QED) is 0.775. The molecule has 3 aliphatic heterocycles. The minimum absolute atomic E-state index is 0. The Labute approximate surface area is 136 Å². The van der Waals surface area contributed by atoms with Crippen molar-refractivity contribution in [1.82, 2.24) is 15.1 Å². The van der Waals surface area contributed by atoms with E-state index in [4.69, 9.17) is 0 Å². The number of nitrogens with zero attached hydrogens (tertiary/aromatic N) is 2. The van der Waals surface area contributed by atoms with Crippen molar-refractivity contribution in [2.24, 2.45) is 5.41 Å². The Bertz CT molecular complexity index is 405. The summed E-state index contributed by atoms with van der Waals surface area (Å²) in [4.78, 5) is 27.9. The monoisotopic (exact) mass is 333 g/mol. The summed E-state index contributed by atoms with van der Waals surface area (Å²) in [6.45, 7) is 5.49. The van der Waals surface area contributed by atoms with Crippen LogP contribution < -0.4 is 5.32 Å². The van der Waals surface area contributed by atoms with E-state index in [0.29, 0.717) is 11.3 Å². The molecule has 0 aliphatic carbocycles. The van der Waals surface area contributed by atoms with Crippen molar-refractivity contribution in [2.75, 3.05) is 37.8 Å². The maximum absolute atomic E-state index is 12.6. The van der Waals surface area contributed by atoms with Crippen LogP contribution in [0.1, 0.15) is 26.2 Å². The average molecular weight is 334 g/mol. The molecule has 0 bridgehead atoms. The lowest BCUT2D eigenvalue weighted by atomic mass is 9.78. The van der Waals surface area contributed by atoms with Gasteiger partial charge in [-0.2, -0.15) is 0 Å². The van der Waals surface area contributed by atoms with E-state index in [1.165, 1.54) is 6.42 Å². The van der Waals surface area contributed by atoms with Crippen molar-refractivity contribution >= 4 is 36.0 Å². The fourth-order valence-electron chi connectivity index (χ4n) is 3.59. The number of carbonyl (C=O) groups excluding carboxylic acids is 2. The Morgan fingerprint density at radius 3 is 2.52 bits per heavy atom. The molecule has 0 saturated carbocycles. The maximum atomic E-state index is 12.6. The van der Waals surface area contributed by atoms with Gasteiger partial charge in [0.15, 0.2) is 0 Å². The van der Waals surface area contributed by atoms with E-state index in [9.17, 15) is 9.59 Å². The Morgan fingerprint density at radius 2 is 1.95 bits per heavy atom. The summed E-state index contributed by atoms with van der Waals surface area (Å²) >= 11 is 1.68. The molecule has 2 amide bonds. The number of hydrogen-bond acceptors (Lipinski definition) is 4. The highest BCUT2D eigenvalue weighted by atomic mass is 35.5. The van der Waals surface area contributed by atoms with E-state index in [0.717, 1.165) is 44.8 Å². The predicted octanol–water partition coefficient (Wildman–Crippen LogP) is 0.932. The van der Waals surface area contributed by atoms with Gasteiger partial charge in [0.2, 0.25) is 11.8 Å². The van der Waals surface area contributed by atoms with Crippen LogP contribution in [-0.4, -0.2) is 65.5 Å². The molecule has 7 heteroatoms. The molecule has 21 heavy (non-hydrogen) atoms. The van der Waals surface area contributed by atoms with Gasteiger partial charge in [-0.25, -0.2) is 0 Å². The third-order valence-electron chi connectivity index (χ3n) is 5.04. The van der Waals surface area contributed by atoms with E-state index in [1.54, 1.807) is 23.6 Å². The third-order valence-corrected chi connectivity index (χ3v) is 6.05. The smallest absolute Gasteiger partial charge is 0.246 e. The van der Waals surface area contributed by atoms with Gasteiger partial charge in [0.1, 0.15) is 6.04 Å². The molecule has 5 nitrogen and oxygen atoms in total. The first kappa shape index (κ1) is 16.9. The molecule has 120 valence electrons. The van der Waals surface area contributed by atoms with Crippen LogP contribution in [0.15, 0.2) is 0 Å². The minimum Gasteiger partial charge on any atom is -0.341 e. The Morgan fingerprint density at radius 1 is 1.24 bits per heavy atom. The number of nitrogens with one attached hydrogen (secondary N) is 1. The first-order valence-electron chi connectivity index (χ1n) is 7.46. The van der Waals surface area contributed by atoms with Crippen LogP contribution in [0.5, 0.6) is 0 Å². The van der Waals surface area contributed by atoms with Crippen LogP contribution in [0, 0.1) is 5.41 Å². The summed E-state index contributed by atoms with van der Waals surface area (Å²) in [5, 5.41) is 3.44. The maximum Gasteiger partial charge on any atom is 0.246 e. The second-order valence-corrected chi connectivity index (χ2v) is 7.26. The number of hydrogen-bond donors (Lipinski definition) is 1. The molecular weight excluding hydrogens is 310 g/mol. The Balaban J connectivity index is 0.00000161. The number of carbonyl (C=O) groups is 2. The van der Waals surface area contributed by atoms with Gasteiger partial charge < -0.3 is 15.1 Å². The molecule has 0 aromatic rings. The number of piperidine rings is 1. The van der Waals surface area contributed by atoms with E-state index >= 15 is 0 Å². The van der Waals surface area contributed by atoms with Gasteiger partial charge in [-0.1, -0.05) is 0 Å². The minimum atomic E-state index is -0.228. The second-order valence-electron chi connectivity index (χ2n) is 6.26. The van der Waals surface area contributed by atoms with Crippen LogP contribution in [-0.2, 0) is 9.59 Å². The zero-order chi connectivity index (χ0) is 14.2. The number of halogens is 1. The predicted molar refractivity (Wildman–Crippen MR) is 86.6 cm³/mol. The Hall–Kier alpha value is -0.460. The highest BCUT2D eigenvalue weighted by molar-refractivity contribution is 7.99. The normalized spacial score (nSPS) is 27.8. The van der Waals surface area contributed by atoms with Gasteiger partial charge in [-0.3, -0.25) is 9.59 Å². The molecule has 0 aromatic carbocycles. The zero-order valence-corrected chi connectivity index (χ0v) is 14.1. The fraction of sp³-hybridized carbons (Fsp3) is 0.857. The van der Waals surface area contributed by atoms with Crippen LogP contribution in [0.3, 0.4) is 0 Å². The van der Waals surface area contributed by atoms with Gasteiger partial charge in [0.25, 0.3) is 0 Å². The van der Waals surface area contributed by atoms with Crippen molar-refractivity contribution < 1.29 is 9.59 Å². The molecule has 0 aromatic heterocycles. The van der Waals surface area contributed by atoms with Crippen molar-refractivity contribution in [1.29, 1.82) is 0 Å².